The molecule has 6 heteroatoms. The molecule has 0 atom stereocenters. The van der Waals surface area contributed by atoms with E-state index in [2.05, 4.69) is 15.6 Å². The van der Waals surface area contributed by atoms with Gasteiger partial charge in [0, 0.05) is 18.8 Å². The second kappa shape index (κ2) is 8.19. The number of amides is 1. The Morgan fingerprint density at radius 3 is 2.54 bits per heavy atom. The highest BCUT2D eigenvalue weighted by Gasteiger charge is 2.09. The Bertz CT molecular complexity index is 684. The van der Waals surface area contributed by atoms with Crippen LogP contribution in [-0.2, 0) is 0 Å². The SMILES string of the molecule is COc1ccc(OC)c(Nc2ccc(C(=O)NCC(C)C)cn2)c1. The van der Waals surface area contributed by atoms with Gasteiger partial charge in [-0.05, 0) is 30.2 Å². The zero-order chi connectivity index (χ0) is 17.5. The molecule has 0 saturated carbocycles. The van der Waals surface area contributed by atoms with Crippen LogP contribution in [0.2, 0.25) is 0 Å². The lowest BCUT2D eigenvalue weighted by atomic mass is 10.2. The quantitative estimate of drug-likeness (QED) is 0.816. The number of anilines is 2. The first-order valence-corrected chi connectivity index (χ1v) is 7.76. The van der Waals surface area contributed by atoms with E-state index in [0.29, 0.717) is 35.3 Å². The fourth-order valence-electron chi connectivity index (χ4n) is 2.05. The highest BCUT2D eigenvalue weighted by atomic mass is 16.5. The van der Waals surface area contributed by atoms with E-state index in [9.17, 15) is 4.79 Å². The van der Waals surface area contributed by atoms with Crippen LogP contribution in [0.25, 0.3) is 0 Å². The lowest BCUT2D eigenvalue weighted by Crippen LogP contribution is -2.27. The number of benzene rings is 1. The van der Waals surface area contributed by atoms with Gasteiger partial charge < -0.3 is 20.1 Å². The summed E-state index contributed by atoms with van der Waals surface area (Å²) in [5, 5.41) is 6.03. The van der Waals surface area contributed by atoms with Crippen LogP contribution in [0.4, 0.5) is 11.5 Å². The van der Waals surface area contributed by atoms with E-state index in [1.54, 1.807) is 32.5 Å². The van der Waals surface area contributed by atoms with Crippen LogP contribution in [-0.4, -0.2) is 31.7 Å². The maximum atomic E-state index is 12.0. The number of nitrogens with zero attached hydrogens (tertiary/aromatic N) is 1. The third kappa shape index (κ3) is 4.62. The van der Waals surface area contributed by atoms with Crippen molar-refractivity contribution < 1.29 is 14.3 Å². The first-order chi connectivity index (χ1) is 11.5. The summed E-state index contributed by atoms with van der Waals surface area (Å²) in [6.07, 6.45) is 1.55. The number of nitrogens with one attached hydrogen (secondary N) is 2. The van der Waals surface area contributed by atoms with Gasteiger partial charge in [-0.3, -0.25) is 4.79 Å². The molecule has 0 bridgehead atoms. The van der Waals surface area contributed by atoms with Crippen LogP contribution < -0.4 is 20.1 Å². The summed E-state index contributed by atoms with van der Waals surface area (Å²) in [6.45, 7) is 4.74. The van der Waals surface area contributed by atoms with Gasteiger partial charge in [0.15, 0.2) is 0 Å². The van der Waals surface area contributed by atoms with Gasteiger partial charge in [0.2, 0.25) is 0 Å². The van der Waals surface area contributed by atoms with Crippen molar-refractivity contribution in [3.05, 3.63) is 42.1 Å². The Labute approximate surface area is 142 Å². The summed E-state index contributed by atoms with van der Waals surface area (Å²) in [5.41, 5.74) is 1.26. The molecule has 0 aliphatic carbocycles. The summed E-state index contributed by atoms with van der Waals surface area (Å²) in [4.78, 5) is 16.3. The summed E-state index contributed by atoms with van der Waals surface area (Å²) >= 11 is 0. The van der Waals surface area contributed by atoms with Gasteiger partial charge in [-0.25, -0.2) is 4.98 Å². The molecular weight excluding hydrogens is 306 g/mol. The molecule has 1 aromatic heterocycles. The van der Waals surface area contributed by atoms with Crippen molar-refractivity contribution in [2.24, 2.45) is 5.92 Å². The predicted molar refractivity (Wildman–Crippen MR) is 94.2 cm³/mol. The molecule has 1 aromatic carbocycles. The van der Waals surface area contributed by atoms with E-state index in [1.807, 2.05) is 32.0 Å². The van der Waals surface area contributed by atoms with Crippen LogP contribution in [0.5, 0.6) is 11.5 Å². The van der Waals surface area contributed by atoms with Crippen LogP contribution in [0.15, 0.2) is 36.5 Å². The summed E-state index contributed by atoms with van der Waals surface area (Å²) in [7, 11) is 3.21. The number of hydrogen-bond donors (Lipinski definition) is 2. The van der Waals surface area contributed by atoms with E-state index in [-0.39, 0.29) is 5.91 Å². The Hall–Kier alpha value is -2.76. The Morgan fingerprint density at radius 1 is 1.17 bits per heavy atom. The van der Waals surface area contributed by atoms with Crippen molar-refractivity contribution in [2.75, 3.05) is 26.1 Å². The fourth-order valence-corrected chi connectivity index (χ4v) is 2.05. The second-order valence-corrected chi connectivity index (χ2v) is 5.73. The van der Waals surface area contributed by atoms with Crippen molar-refractivity contribution in [3.63, 3.8) is 0 Å². The normalized spacial score (nSPS) is 10.4. The molecule has 0 spiro atoms. The third-order valence-corrected chi connectivity index (χ3v) is 3.37. The summed E-state index contributed by atoms with van der Waals surface area (Å²) < 4.78 is 10.5. The molecule has 0 saturated heterocycles. The molecule has 0 fully saturated rings. The maximum Gasteiger partial charge on any atom is 0.252 e. The van der Waals surface area contributed by atoms with Crippen LogP contribution in [0.3, 0.4) is 0 Å². The summed E-state index contributed by atoms with van der Waals surface area (Å²) in [5.74, 6) is 2.28. The first kappa shape index (κ1) is 17.6. The number of hydrogen-bond acceptors (Lipinski definition) is 5. The lowest BCUT2D eigenvalue weighted by Gasteiger charge is -2.12. The molecule has 1 amide bonds. The fraction of sp³-hybridized carbons (Fsp3) is 0.333. The van der Waals surface area contributed by atoms with Crippen LogP contribution >= 0.6 is 0 Å². The average Bonchev–Trinajstić information content (AvgIpc) is 2.60. The molecule has 0 aliphatic heterocycles. The van der Waals surface area contributed by atoms with E-state index in [0.717, 1.165) is 5.69 Å². The Kier molecular flexibility index (Phi) is 6.01. The minimum atomic E-state index is -0.123. The molecule has 0 unspecified atom stereocenters. The van der Waals surface area contributed by atoms with Gasteiger partial charge in [-0.15, -0.1) is 0 Å². The van der Waals surface area contributed by atoms with Crippen molar-refractivity contribution in [1.29, 1.82) is 0 Å². The molecule has 128 valence electrons. The number of aromatic nitrogens is 1. The van der Waals surface area contributed by atoms with E-state index in [1.165, 1.54) is 0 Å². The molecule has 0 aliphatic rings. The zero-order valence-corrected chi connectivity index (χ0v) is 14.4. The number of ether oxygens (including phenoxy) is 2. The first-order valence-electron chi connectivity index (χ1n) is 7.76. The molecule has 2 rings (SSSR count). The smallest absolute Gasteiger partial charge is 0.252 e. The van der Waals surface area contributed by atoms with Crippen molar-refractivity contribution in [3.8, 4) is 11.5 Å². The molecule has 24 heavy (non-hydrogen) atoms. The number of carbonyl (C=O) groups excluding carboxylic acids is 1. The third-order valence-electron chi connectivity index (χ3n) is 3.37. The van der Waals surface area contributed by atoms with Gasteiger partial charge >= 0.3 is 0 Å². The van der Waals surface area contributed by atoms with E-state index >= 15 is 0 Å². The standard InChI is InChI=1S/C18H23N3O3/c1-12(2)10-20-18(22)13-5-8-17(19-11-13)21-15-9-14(23-3)6-7-16(15)24-4/h5-9,11-12H,10H2,1-4H3,(H,19,21)(H,20,22). The number of rotatable bonds is 7. The summed E-state index contributed by atoms with van der Waals surface area (Å²) in [6, 6.07) is 8.94. The number of carbonyl (C=O) groups is 1. The maximum absolute atomic E-state index is 12.0. The second-order valence-electron chi connectivity index (χ2n) is 5.73. The zero-order valence-electron chi connectivity index (χ0n) is 14.4. The molecule has 2 aromatic rings. The van der Waals surface area contributed by atoms with Gasteiger partial charge in [0.1, 0.15) is 17.3 Å². The van der Waals surface area contributed by atoms with Crippen molar-refractivity contribution >= 4 is 17.4 Å². The average molecular weight is 329 g/mol. The molecule has 0 radical (unpaired) electrons. The molecular formula is C18H23N3O3. The minimum Gasteiger partial charge on any atom is -0.497 e. The van der Waals surface area contributed by atoms with Crippen molar-refractivity contribution in [1.82, 2.24) is 10.3 Å². The van der Waals surface area contributed by atoms with Gasteiger partial charge in [0.05, 0.1) is 25.5 Å². The number of pyridine rings is 1. The Morgan fingerprint density at radius 2 is 1.96 bits per heavy atom. The van der Waals surface area contributed by atoms with Crippen LogP contribution in [0, 0.1) is 5.92 Å². The minimum absolute atomic E-state index is 0.123. The van der Waals surface area contributed by atoms with Crippen LogP contribution in [0.1, 0.15) is 24.2 Å². The molecule has 2 N–H and O–H groups in total. The highest BCUT2D eigenvalue weighted by molar-refractivity contribution is 5.94. The van der Waals surface area contributed by atoms with E-state index < -0.39 is 0 Å². The van der Waals surface area contributed by atoms with E-state index in [4.69, 9.17) is 9.47 Å². The molecule has 6 nitrogen and oxygen atoms in total. The molecule has 1 heterocycles. The largest absolute Gasteiger partial charge is 0.497 e. The predicted octanol–water partition coefficient (Wildman–Crippen LogP) is 3.23. The van der Waals surface area contributed by atoms with Crippen molar-refractivity contribution in [2.45, 2.75) is 13.8 Å². The monoisotopic (exact) mass is 329 g/mol. The number of methoxy groups -OCH3 is 2. The van der Waals surface area contributed by atoms with Gasteiger partial charge in [-0.2, -0.15) is 0 Å². The lowest BCUT2D eigenvalue weighted by molar-refractivity contribution is 0.0948. The topological polar surface area (TPSA) is 72.5 Å². The highest BCUT2D eigenvalue weighted by Crippen LogP contribution is 2.30. The Balaban J connectivity index is 2.10. The van der Waals surface area contributed by atoms with Gasteiger partial charge in [-0.1, -0.05) is 13.8 Å². The van der Waals surface area contributed by atoms with Gasteiger partial charge in [0.25, 0.3) is 5.91 Å².